The predicted octanol–water partition coefficient (Wildman–Crippen LogP) is -0.875. The summed E-state index contributed by atoms with van der Waals surface area (Å²) >= 11 is 0. The molecule has 0 radical (unpaired) electrons. The number of carbonyl (C=O) groups is 2. The fourth-order valence-electron chi connectivity index (χ4n) is 0.266. The fraction of sp³-hybridized carbons (Fsp3) is 0.667. The normalized spacial score (nSPS) is 10.7. The molecule has 0 saturated carbocycles. The number of rotatable bonds is 3. The second-order valence-corrected chi connectivity index (χ2v) is 1.92. The molecule has 0 amide bonds. The fourth-order valence-corrected chi connectivity index (χ4v) is 0.266. The van der Waals surface area contributed by atoms with Crippen molar-refractivity contribution >= 4 is 12.1 Å². The van der Waals surface area contributed by atoms with Crippen molar-refractivity contribution in [1.29, 1.82) is 0 Å². The van der Waals surface area contributed by atoms with E-state index in [1.54, 1.807) is 0 Å². The van der Waals surface area contributed by atoms with Crippen molar-refractivity contribution in [2.45, 2.75) is 13.0 Å². The standard InChI is InChI=1S/C5H10O4.CH2O3/c1-4(7)9-3-5(8)2-6;2-1(3)4/h5-6,8H,2-3H2,1H3;(H2,2,3,4). The van der Waals surface area contributed by atoms with Crippen LogP contribution in [-0.2, 0) is 9.53 Å². The zero-order valence-electron chi connectivity index (χ0n) is 7.01. The van der Waals surface area contributed by atoms with Gasteiger partial charge in [-0.3, -0.25) is 4.79 Å². The number of carboxylic acid groups (broad SMARTS) is 2. The number of hydrogen-bond acceptors (Lipinski definition) is 5. The van der Waals surface area contributed by atoms with Gasteiger partial charge in [0.05, 0.1) is 6.61 Å². The van der Waals surface area contributed by atoms with Crippen molar-refractivity contribution in [3.05, 3.63) is 0 Å². The van der Waals surface area contributed by atoms with E-state index in [0.29, 0.717) is 0 Å². The molecule has 0 fully saturated rings. The molecule has 78 valence electrons. The third-order valence-corrected chi connectivity index (χ3v) is 0.690. The summed E-state index contributed by atoms with van der Waals surface area (Å²) in [6.07, 6.45) is -2.78. The summed E-state index contributed by atoms with van der Waals surface area (Å²) in [5, 5.41) is 30.7. The SMILES string of the molecule is CC(=O)OCC(O)CO.O=C(O)O. The molecule has 0 spiro atoms. The molecular weight excluding hydrogens is 184 g/mol. The van der Waals surface area contributed by atoms with Crippen LogP contribution in [-0.4, -0.2) is 51.9 Å². The maximum atomic E-state index is 10.0. The molecule has 0 aromatic carbocycles. The van der Waals surface area contributed by atoms with Gasteiger partial charge in [-0.15, -0.1) is 0 Å². The lowest BCUT2D eigenvalue weighted by Crippen LogP contribution is -2.20. The number of aliphatic hydroxyl groups is 2. The lowest BCUT2D eigenvalue weighted by atomic mass is 10.4. The van der Waals surface area contributed by atoms with Crippen molar-refractivity contribution in [3.8, 4) is 0 Å². The van der Waals surface area contributed by atoms with Gasteiger partial charge in [0.25, 0.3) is 0 Å². The van der Waals surface area contributed by atoms with Crippen LogP contribution in [0.2, 0.25) is 0 Å². The molecule has 0 heterocycles. The van der Waals surface area contributed by atoms with Gasteiger partial charge in [-0.05, 0) is 0 Å². The summed E-state index contributed by atoms with van der Waals surface area (Å²) in [4.78, 5) is 18.6. The molecule has 0 aliphatic heterocycles. The Balaban J connectivity index is 0. The average molecular weight is 196 g/mol. The maximum absolute atomic E-state index is 10.0. The average Bonchev–Trinajstić information content (AvgIpc) is 1.99. The molecule has 0 aromatic rings. The van der Waals surface area contributed by atoms with Crippen LogP contribution < -0.4 is 0 Å². The second-order valence-electron chi connectivity index (χ2n) is 1.92. The van der Waals surface area contributed by atoms with Crippen LogP contribution >= 0.6 is 0 Å². The molecule has 0 rings (SSSR count). The molecule has 0 aromatic heterocycles. The first-order chi connectivity index (χ1) is 5.90. The second kappa shape index (κ2) is 8.75. The van der Waals surface area contributed by atoms with E-state index in [1.807, 2.05) is 0 Å². The Hall–Kier alpha value is -1.34. The van der Waals surface area contributed by atoms with Crippen LogP contribution in [0.3, 0.4) is 0 Å². The molecule has 0 aliphatic carbocycles. The summed E-state index contributed by atoms with van der Waals surface area (Å²) in [5.74, 6) is -0.456. The first kappa shape index (κ1) is 14.2. The molecule has 0 aliphatic rings. The largest absolute Gasteiger partial charge is 0.503 e. The molecule has 13 heavy (non-hydrogen) atoms. The van der Waals surface area contributed by atoms with Gasteiger partial charge in [-0.25, -0.2) is 4.79 Å². The Morgan fingerprint density at radius 3 is 2.00 bits per heavy atom. The van der Waals surface area contributed by atoms with Crippen LogP contribution in [0.1, 0.15) is 6.92 Å². The summed E-state index contributed by atoms with van der Waals surface area (Å²) in [6, 6.07) is 0. The highest BCUT2D eigenvalue weighted by Crippen LogP contribution is 1.82. The third kappa shape index (κ3) is 25.0. The molecule has 1 unspecified atom stereocenters. The number of carbonyl (C=O) groups excluding carboxylic acids is 1. The Labute approximate surface area is 74.2 Å². The van der Waals surface area contributed by atoms with Crippen LogP contribution in [0.15, 0.2) is 0 Å². The Kier molecular flexibility index (Phi) is 9.56. The molecular formula is C6H12O7. The van der Waals surface area contributed by atoms with Crippen molar-refractivity contribution in [2.75, 3.05) is 13.2 Å². The smallest absolute Gasteiger partial charge is 0.463 e. The van der Waals surface area contributed by atoms with Gasteiger partial charge in [-0.2, -0.15) is 0 Å². The van der Waals surface area contributed by atoms with Gasteiger partial charge >= 0.3 is 12.1 Å². The van der Waals surface area contributed by atoms with Gasteiger partial charge in [-0.1, -0.05) is 0 Å². The number of esters is 1. The molecule has 0 saturated heterocycles. The van der Waals surface area contributed by atoms with Gasteiger partial charge < -0.3 is 25.2 Å². The van der Waals surface area contributed by atoms with E-state index in [4.69, 9.17) is 25.2 Å². The predicted molar refractivity (Wildman–Crippen MR) is 40.4 cm³/mol. The first-order valence-corrected chi connectivity index (χ1v) is 3.24. The zero-order valence-corrected chi connectivity index (χ0v) is 7.01. The van der Waals surface area contributed by atoms with E-state index >= 15 is 0 Å². The number of aliphatic hydroxyl groups excluding tert-OH is 2. The summed E-state index contributed by atoms with van der Waals surface area (Å²) < 4.78 is 4.35. The van der Waals surface area contributed by atoms with E-state index in [-0.39, 0.29) is 13.2 Å². The van der Waals surface area contributed by atoms with Crippen LogP contribution in [0.4, 0.5) is 4.79 Å². The highest BCUT2D eigenvalue weighted by molar-refractivity contribution is 5.65. The van der Waals surface area contributed by atoms with E-state index in [1.165, 1.54) is 6.92 Å². The van der Waals surface area contributed by atoms with Gasteiger partial charge in [0, 0.05) is 6.92 Å². The summed E-state index contributed by atoms with van der Waals surface area (Å²) in [6.45, 7) is 0.725. The lowest BCUT2D eigenvalue weighted by Gasteiger charge is -2.05. The van der Waals surface area contributed by atoms with Crippen molar-refractivity contribution in [2.24, 2.45) is 0 Å². The number of hydrogen-bond donors (Lipinski definition) is 4. The monoisotopic (exact) mass is 196 g/mol. The number of ether oxygens (including phenoxy) is 1. The van der Waals surface area contributed by atoms with Gasteiger partial charge in [0.2, 0.25) is 0 Å². The molecule has 0 bridgehead atoms. The van der Waals surface area contributed by atoms with Crippen LogP contribution in [0, 0.1) is 0 Å². The Morgan fingerprint density at radius 2 is 1.77 bits per heavy atom. The Bertz CT molecular complexity index is 151. The first-order valence-electron chi connectivity index (χ1n) is 3.24. The van der Waals surface area contributed by atoms with E-state index in [9.17, 15) is 4.79 Å². The third-order valence-electron chi connectivity index (χ3n) is 0.690. The van der Waals surface area contributed by atoms with Crippen molar-refractivity contribution < 1.29 is 34.8 Å². The lowest BCUT2D eigenvalue weighted by molar-refractivity contribution is -0.144. The van der Waals surface area contributed by atoms with E-state index < -0.39 is 18.2 Å². The molecule has 7 heteroatoms. The summed E-state index contributed by atoms with van der Waals surface area (Å²) in [7, 11) is 0. The van der Waals surface area contributed by atoms with Gasteiger partial charge in [0.1, 0.15) is 12.7 Å². The van der Waals surface area contributed by atoms with Crippen molar-refractivity contribution in [3.63, 3.8) is 0 Å². The minimum absolute atomic E-state index is 0.133. The Morgan fingerprint density at radius 1 is 1.38 bits per heavy atom. The zero-order chi connectivity index (χ0) is 10.9. The van der Waals surface area contributed by atoms with E-state index in [2.05, 4.69) is 4.74 Å². The molecule has 4 N–H and O–H groups in total. The quantitative estimate of drug-likeness (QED) is 0.432. The molecule has 7 nitrogen and oxygen atoms in total. The minimum atomic E-state index is -1.83. The van der Waals surface area contributed by atoms with E-state index in [0.717, 1.165) is 0 Å². The summed E-state index contributed by atoms with van der Waals surface area (Å²) in [5.41, 5.74) is 0. The van der Waals surface area contributed by atoms with Crippen LogP contribution in [0.25, 0.3) is 0 Å². The minimum Gasteiger partial charge on any atom is -0.463 e. The topological polar surface area (TPSA) is 124 Å². The van der Waals surface area contributed by atoms with Crippen LogP contribution in [0.5, 0.6) is 0 Å². The van der Waals surface area contributed by atoms with Gasteiger partial charge in [0.15, 0.2) is 0 Å². The van der Waals surface area contributed by atoms with Crippen molar-refractivity contribution in [1.82, 2.24) is 0 Å². The molecule has 1 atom stereocenters. The highest BCUT2D eigenvalue weighted by Gasteiger charge is 2.02. The maximum Gasteiger partial charge on any atom is 0.503 e. The highest BCUT2D eigenvalue weighted by atomic mass is 16.6.